The maximum absolute atomic E-state index is 11.9. The molecule has 0 atom stereocenters. The van der Waals surface area contributed by atoms with E-state index in [-0.39, 0.29) is 5.75 Å². The number of hydrogen-bond acceptors (Lipinski definition) is 7. The van der Waals surface area contributed by atoms with Crippen LogP contribution in [0.5, 0.6) is 5.75 Å². The first-order valence-electron chi connectivity index (χ1n) is 10.9. The number of H-pyrrole nitrogens is 1. The number of aromatic nitrogens is 3. The molecule has 32 heavy (non-hydrogen) atoms. The fourth-order valence-electron chi connectivity index (χ4n) is 4.07. The number of ether oxygens (including phenoxy) is 1. The second kappa shape index (κ2) is 9.74. The van der Waals surface area contributed by atoms with Crippen LogP contribution in [0.3, 0.4) is 0 Å². The standard InChI is InChI=1S/C22H30N6O3S/c1-3-32(29,30)26-18-6-7-20-19(13-18)17(14-24-20)5-4-8-27-9-11-28(12-10-27)22-21(31-2)15-23-16-25-22/h6-7,13-16,24,26H,3-5,8-12H2,1-2H3. The highest BCUT2D eigenvalue weighted by molar-refractivity contribution is 7.92. The van der Waals surface area contributed by atoms with E-state index >= 15 is 0 Å². The normalized spacial score (nSPS) is 15.2. The van der Waals surface area contributed by atoms with Gasteiger partial charge in [0.15, 0.2) is 11.6 Å². The lowest BCUT2D eigenvalue weighted by Crippen LogP contribution is -2.47. The van der Waals surface area contributed by atoms with Crippen LogP contribution in [0.4, 0.5) is 11.5 Å². The van der Waals surface area contributed by atoms with Crippen LogP contribution in [0.25, 0.3) is 10.9 Å². The summed E-state index contributed by atoms with van der Waals surface area (Å²) in [5, 5.41) is 1.07. The first-order chi connectivity index (χ1) is 15.5. The number of nitrogens with zero attached hydrogens (tertiary/aromatic N) is 4. The maximum Gasteiger partial charge on any atom is 0.232 e. The Bertz CT molecular complexity index is 1160. The smallest absolute Gasteiger partial charge is 0.232 e. The summed E-state index contributed by atoms with van der Waals surface area (Å²) in [5.74, 6) is 1.62. The lowest BCUT2D eigenvalue weighted by Gasteiger charge is -2.35. The van der Waals surface area contributed by atoms with Crippen molar-refractivity contribution < 1.29 is 13.2 Å². The van der Waals surface area contributed by atoms with Crippen molar-refractivity contribution in [1.29, 1.82) is 0 Å². The molecular formula is C22H30N6O3S. The predicted molar refractivity (Wildman–Crippen MR) is 127 cm³/mol. The minimum Gasteiger partial charge on any atom is -0.491 e. The molecule has 1 aliphatic rings. The first-order valence-corrected chi connectivity index (χ1v) is 12.6. The van der Waals surface area contributed by atoms with Crippen LogP contribution in [0.15, 0.2) is 36.9 Å². The van der Waals surface area contributed by atoms with Crippen molar-refractivity contribution in [2.75, 3.05) is 55.2 Å². The summed E-state index contributed by atoms with van der Waals surface area (Å²) in [6, 6.07) is 5.64. The van der Waals surface area contributed by atoms with Gasteiger partial charge in [-0.05, 0) is 50.1 Å². The van der Waals surface area contributed by atoms with Crippen molar-refractivity contribution in [1.82, 2.24) is 19.9 Å². The minimum atomic E-state index is -3.28. The highest BCUT2D eigenvalue weighted by Crippen LogP contribution is 2.26. The zero-order valence-electron chi connectivity index (χ0n) is 18.5. The number of hydrogen-bond donors (Lipinski definition) is 2. The fourth-order valence-corrected chi connectivity index (χ4v) is 4.70. The van der Waals surface area contributed by atoms with Crippen molar-refractivity contribution in [3.63, 3.8) is 0 Å². The van der Waals surface area contributed by atoms with Gasteiger partial charge in [-0.25, -0.2) is 18.4 Å². The number of anilines is 2. The van der Waals surface area contributed by atoms with Gasteiger partial charge >= 0.3 is 0 Å². The summed E-state index contributed by atoms with van der Waals surface area (Å²) < 4.78 is 31.8. The van der Waals surface area contributed by atoms with Crippen LogP contribution < -0.4 is 14.4 Å². The monoisotopic (exact) mass is 458 g/mol. The Kier molecular flexibility index (Phi) is 6.80. The van der Waals surface area contributed by atoms with Crippen LogP contribution in [-0.2, 0) is 16.4 Å². The Morgan fingerprint density at radius 2 is 2.03 bits per heavy atom. The molecule has 0 radical (unpaired) electrons. The molecule has 2 N–H and O–H groups in total. The number of methoxy groups -OCH3 is 1. The molecule has 0 unspecified atom stereocenters. The number of sulfonamides is 1. The van der Waals surface area contributed by atoms with E-state index in [1.54, 1.807) is 32.6 Å². The summed E-state index contributed by atoms with van der Waals surface area (Å²) in [5.41, 5.74) is 2.84. The Hall–Kier alpha value is -2.85. The van der Waals surface area contributed by atoms with Gasteiger partial charge in [-0.1, -0.05) is 0 Å². The van der Waals surface area contributed by atoms with Crippen molar-refractivity contribution in [3.8, 4) is 5.75 Å². The quantitative estimate of drug-likeness (QED) is 0.508. The van der Waals surface area contributed by atoms with Gasteiger partial charge in [0, 0.05) is 49.0 Å². The average Bonchev–Trinajstić information content (AvgIpc) is 3.21. The topological polar surface area (TPSA) is 103 Å². The SMILES string of the molecule is CCS(=O)(=O)Nc1ccc2[nH]cc(CCCN3CCN(c4ncncc4OC)CC3)c2c1. The number of nitrogens with one attached hydrogen (secondary N) is 2. The van der Waals surface area contributed by atoms with Crippen LogP contribution in [0, 0.1) is 0 Å². The molecule has 10 heteroatoms. The van der Waals surface area contributed by atoms with E-state index in [0.29, 0.717) is 11.4 Å². The summed E-state index contributed by atoms with van der Waals surface area (Å²) in [6.45, 7) is 6.41. The van der Waals surface area contributed by atoms with E-state index in [1.807, 2.05) is 18.3 Å². The third-order valence-electron chi connectivity index (χ3n) is 5.89. The number of aryl methyl sites for hydroxylation is 1. The van der Waals surface area contributed by atoms with E-state index in [9.17, 15) is 8.42 Å². The van der Waals surface area contributed by atoms with E-state index in [2.05, 4.69) is 29.5 Å². The molecule has 3 heterocycles. The van der Waals surface area contributed by atoms with Gasteiger partial charge in [-0.3, -0.25) is 9.62 Å². The third-order valence-corrected chi connectivity index (χ3v) is 7.20. The van der Waals surface area contributed by atoms with Crippen LogP contribution in [0.2, 0.25) is 0 Å². The molecule has 172 valence electrons. The molecule has 2 aromatic heterocycles. The fraction of sp³-hybridized carbons (Fsp3) is 0.455. The van der Waals surface area contributed by atoms with Crippen molar-refractivity contribution >= 4 is 32.4 Å². The predicted octanol–water partition coefficient (Wildman–Crippen LogP) is 2.48. The molecule has 0 saturated carbocycles. The van der Waals surface area contributed by atoms with E-state index in [1.165, 1.54) is 5.56 Å². The van der Waals surface area contributed by atoms with Crippen LogP contribution in [0.1, 0.15) is 18.9 Å². The summed E-state index contributed by atoms with van der Waals surface area (Å²) >= 11 is 0. The van der Waals surface area contributed by atoms with E-state index in [0.717, 1.165) is 62.3 Å². The second-order valence-corrected chi connectivity index (χ2v) is 9.94. The van der Waals surface area contributed by atoms with Gasteiger partial charge in [0.25, 0.3) is 0 Å². The molecule has 1 aliphatic heterocycles. The molecule has 3 aromatic rings. The third kappa shape index (κ3) is 5.13. The molecule has 0 aliphatic carbocycles. The van der Waals surface area contributed by atoms with Crippen molar-refractivity contribution in [2.24, 2.45) is 0 Å². The number of piperazine rings is 1. The largest absolute Gasteiger partial charge is 0.491 e. The molecule has 1 fully saturated rings. The lowest BCUT2D eigenvalue weighted by atomic mass is 10.1. The Morgan fingerprint density at radius 1 is 1.22 bits per heavy atom. The molecule has 1 saturated heterocycles. The van der Waals surface area contributed by atoms with Crippen molar-refractivity contribution in [2.45, 2.75) is 19.8 Å². The van der Waals surface area contributed by atoms with Gasteiger partial charge in [0.2, 0.25) is 10.0 Å². The van der Waals surface area contributed by atoms with Crippen LogP contribution in [-0.4, -0.2) is 73.9 Å². The number of benzene rings is 1. The van der Waals surface area contributed by atoms with Crippen LogP contribution >= 0.6 is 0 Å². The Labute approximate surface area is 188 Å². The van der Waals surface area contributed by atoms with Gasteiger partial charge < -0.3 is 14.6 Å². The zero-order valence-corrected chi connectivity index (χ0v) is 19.4. The van der Waals surface area contributed by atoms with Gasteiger partial charge in [0.05, 0.1) is 19.1 Å². The highest BCUT2D eigenvalue weighted by Gasteiger charge is 2.20. The van der Waals surface area contributed by atoms with E-state index in [4.69, 9.17) is 4.74 Å². The Morgan fingerprint density at radius 3 is 2.78 bits per heavy atom. The maximum atomic E-state index is 11.9. The molecule has 0 amide bonds. The average molecular weight is 459 g/mol. The first kappa shape index (κ1) is 22.3. The molecular weight excluding hydrogens is 428 g/mol. The molecule has 0 spiro atoms. The number of aromatic amines is 1. The second-order valence-electron chi connectivity index (χ2n) is 7.93. The van der Waals surface area contributed by atoms with E-state index < -0.39 is 10.0 Å². The molecule has 9 nitrogen and oxygen atoms in total. The molecule has 4 rings (SSSR count). The summed E-state index contributed by atoms with van der Waals surface area (Å²) in [6.07, 6.45) is 7.26. The zero-order chi connectivity index (χ0) is 22.6. The summed E-state index contributed by atoms with van der Waals surface area (Å²) in [4.78, 5) is 16.4. The number of fused-ring (bicyclic) bond motifs is 1. The number of rotatable bonds is 9. The highest BCUT2D eigenvalue weighted by atomic mass is 32.2. The van der Waals surface area contributed by atoms with Gasteiger partial charge in [-0.15, -0.1) is 0 Å². The minimum absolute atomic E-state index is 0.0578. The molecule has 1 aromatic carbocycles. The molecule has 0 bridgehead atoms. The summed E-state index contributed by atoms with van der Waals surface area (Å²) in [7, 11) is -1.64. The van der Waals surface area contributed by atoms with Gasteiger partial charge in [-0.2, -0.15) is 0 Å². The van der Waals surface area contributed by atoms with Gasteiger partial charge in [0.1, 0.15) is 6.33 Å². The lowest BCUT2D eigenvalue weighted by molar-refractivity contribution is 0.253. The van der Waals surface area contributed by atoms with Crippen molar-refractivity contribution in [3.05, 3.63) is 42.5 Å². The Balaban J connectivity index is 1.31.